The molecule has 0 spiro atoms. The van der Waals surface area contributed by atoms with E-state index in [1.807, 2.05) is 19.2 Å². The van der Waals surface area contributed by atoms with E-state index in [1.165, 1.54) is 37.7 Å². The van der Waals surface area contributed by atoms with Crippen LogP contribution in [0.2, 0.25) is 0 Å². The molecule has 3 heteroatoms. The summed E-state index contributed by atoms with van der Waals surface area (Å²) in [6, 6.07) is 8.42. The minimum Gasteiger partial charge on any atom is -0.497 e. The molecule has 0 aromatic heterocycles. The van der Waals surface area contributed by atoms with E-state index in [0.29, 0.717) is 0 Å². The second-order valence-electron chi connectivity index (χ2n) is 5.66. The molecular weight excluding hydrogens is 250 g/mol. The molecule has 20 heavy (non-hydrogen) atoms. The van der Waals surface area contributed by atoms with Gasteiger partial charge in [-0.1, -0.05) is 31.4 Å². The van der Waals surface area contributed by atoms with Gasteiger partial charge in [0, 0.05) is 6.61 Å². The van der Waals surface area contributed by atoms with Crippen LogP contribution in [0.1, 0.15) is 43.7 Å². The van der Waals surface area contributed by atoms with Crippen molar-refractivity contribution in [3.8, 4) is 5.75 Å². The molecule has 1 atom stereocenters. The predicted octanol–water partition coefficient (Wildman–Crippen LogP) is 3.55. The first-order valence-corrected chi connectivity index (χ1v) is 7.72. The first kappa shape index (κ1) is 15.3. The second-order valence-corrected chi connectivity index (χ2v) is 5.66. The van der Waals surface area contributed by atoms with Crippen LogP contribution in [0.4, 0.5) is 0 Å². The Labute approximate surface area is 122 Å². The van der Waals surface area contributed by atoms with Crippen LogP contribution < -0.4 is 10.1 Å². The van der Waals surface area contributed by atoms with Crippen LogP contribution in [0.15, 0.2) is 24.3 Å². The van der Waals surface area contributed by atoms with Gasteiger partial charge in [0.1, 0.15) is 5.75 Å². The third-order valence-corrected chi connectivity index (χ3v) is 4.21. The van der Waals surface area contributed by atoms with Gasteiger partial charge in [0.15, 0.2) is 0 Å². The van der Waals surface area contributed by atoms with Crippen molar-refractivity contribution in [1.82, 2.24) is 5.32 Å². The first-order valence-electron chi connectivity index (χ1n) is 7.72. The van der Waals surface area contributed by atoms with Crippen LogP contribution >= 0.6 is 0 Å². The molecule has 1 saturated carbocycles. The Bertz CT molecular complexity index is 388. The molecule has 0 amide bonds. The molecule has 112 valence electrons. The Morgan fingerprint density at radius 3 is 2.75 bits per heavy atom. The summed E-state index contributed by atoms with van der Waals surface area (Å²) in [6.07, 6.45) is 6.82. The highest BCUT2D eigenvalue weighted by Crippen LogP contribution is 2.24. The summed E-state index contributed by atoms with van der Waals surface area (Å²) >= 11 is 0. The summed E-state index contributed by atoms with van der Waals surface area (Å²) in [7, 11) is 3.68. The van der Waals surface area contributed by atoms with Gasteiger partial charge in [-0.25, -0.2) is 0 Å². The average Bonchev–Trinajstić information content (AvgIpc) is 2.52. The molecule has 3 nitrogen and oxygen atoms in total. The minimum absolute atomic E-state index is 0.230. The quantitative estimate of drug-likeness (QED) is 0.826. The molecule has 0 heterocycles. The number of ether oxygens (including phenoxy) is 2. The highest BCUT2D eigenvalue weighted by Gasteiger charge is 2.15. The van der Waals surface area contributed by atoms with Crippen molar-refractivity contribution in [2.45, 2.75) is 38.1 Å². The molecule has 1 aliphatic rings. The fourth-order valence-electron chi connectivity index (χ4n) is 2.91. The maximum absolute atomic E-state index is 5.95. The number of hydrogen-bond donors (Lipinski definition) is 1. The van der Waals surface area contributed by atoms with Gasteiger partial charge in [-0.2, -0.15) is 0 Å². The monoisotopic (exact) mass is 277 g/mol. The smallest absolute Gasteiger partial charge is 0.119 e. The lowest BCUT2D eigenvalue weighted by molar-refractivity contribution is 0.0707. The number of rotatable bonds is 7. The summed E-state index contributed by atoms with van der Waals surface area (Å²) in [5, 5.41) is 3.33. The van der Waals surface area contributed by atoms with Crippen molar-refractivity contribution in [2.24, 2.45) is 5.92 Å². The fourth-order valence-corrected chi connectivity index (χ4v) is 2.91. The van der Waals surface area contributed by atoms with Crippen molar-refractivity contribution in [1.29, 1.82) is 0 Å². The number of nitrogens with one attached hydrogen (secondary N) is 1. The summed E-state index contributed by atoms with van der Waals surface area (Å²) in [6.45, 7) is 1.63. The SMILES string of the molecule is CNC(COCC1CCCCC1)c1cccc(OC)c1. The zero-order valence-electron chi connectivity index (χ0n) is 12.7. The molecular formula is C17H27NO2. The maximum Gasteiger partial charge on any atom is 0.119 e. The molecule has 1 fully saturated rings. The zero-order chi connectivity index (χ0) is 14.2. The summed E-state index contributed by atoms with van der Waals surface area (Å²) in [5.74, 6) is 1.67. The van der Waals surface area contributed by atoms with E-state index >= 15 is 0 Å². The van der Waals surface area contributed by atoms with Crippen molar-refractivity contribution < 1.29 is 9.47 Å². The molecule has 0 bridgehead atoms. The van der Waals surface area contributed by atoms with Crippen LogP contribution in [0.25, 0.3) is 0 Å². The topological polar surface area (TPSA) is 30.5 Å². The van der Waals surface area contributed by atoms with E-state index in [-0.39, 0.29) is 6.04 Å². The third kappa shape index (κ3) is 4.50. The highest BCUT2D eigenvalue weighted by molar-refractivity contribution is 5.30. The summed E-state index contributed by atoms with van der Waals surface area (Å²) < 4.78 is 11.2. The average molecular weight is 277 g/mol. The van der Waals surface area contributed by atoms with Crippen molar-refractivity contribution >= 4 is 0 Å². The molecule has 0 aliphatic heterocycles. The van der Waals surface area contributed by atoms with Crippen LogP contribution in [0.3, 0.4) is 0 Å². The number of methoxy groups -OCH3 is 1. The Morgan fingerprint density at radius 1 is 1.25 bits per heavy atom. The van der Waals surface area contributed by atoms with Crippen LogP contribution in [0.5, 0.6) is 5.75 Å². The van der Waals surface area contributed by atoms with Gasteiger partial charge in [0.2, 0.25) is 0 Å². The molecule has 1 unspecified atom stereocenters. The summed E-state index contributed by atoms with van der Waals surface area (Å²) in [5.41, 5.74) is 1.22. The van der Waals surface area contributed by atoms with E-state index in [9.17, 15) is 0 Å². The molecule has 0 saturated heterocycles. The lowest BCUT2D eigenvalue weighted by atomic mass is 9.90. The molecule has 1 N–H and O–H groups in total. The van der Waals surface area contributed by atoms with Crippen molar-refractivity contribution in [3.05, 3.63) is 29.8 Å². The first-order chi connectivity index (χ1) is 9.83. The Kier molecular flexibility index (Phi) is 6.34. The molecule has 1 aliphatic carbocycles. The van der Waals surface area contributed by atoms with E-state index in [1.54, 1.807) is 7.11 Å². The van der Waals surface area contributed by atoms with E-state index in [0.717, 1.165) is 24.9 Å². The van der Waals surface area contributed by atoms with E-state index in [2.05, 4.69) is 17.4 Å². The Morgan fingerprint density at radius 2 is 2.05 bits per heavy atom. The van der Waals surface area contributed by atoms with Crippen molar-refractivity contribution in [3.63, 3.8) is 0 Å². The standard InChI is InChI=1S/C17H27NO2/c1-18-17(15-9-6-10-16(11-15)19-2)13-20-12-14-7-4-3-5-8-14/h6,9-11,14,17-18H,3-5,7-8,12-13H2,1-2H3. The van der Waals surface area contributed by atoms with Gasteiger partial charge in [-0.05, 0) is 43.5 Å². The largest absolute Gasteiger partial charge is 0.497 e. The van der Waals surface area contributed by atoms with Crippen LogP contribution in [0, 0.1) is 5.92 Å². The highest BCUT2D eigenvalue weighted by atomic mass is 16.5. The van der Waals surface area contributed by atoms with Gasteiger partial charge in [0.05, 0.1) is 19.8 Å². The van der Waals surface area contributed by atoms with Gasteiger partial charge in [-0.3, -0.25) is 0 Å². The molecule has 1 aromatic carbocycles. The lowest BCUT2D eigenvalue weighted by Gasteiger charge is -2.23. The van der Waals surface area contributed by atoms with Crippen LogP contribution in [-0.4, -0.2) is 27.4 Å². The van der Waals surface area contributed by atoms with Gasteiger partial charge >= 0.3 is 0 Å². The van der Waals surface area contributed by atoms with Gasteiger partial charge in [0.25, 0.3) is 0 Å². The Balaban J connectivity index is 1.81. The third-order valence-electron chi connectivity index (χ3n) is 4.21. The lowest BCUT2D eigenvalue weighted by Crippen LogP contribution is -2.24. The Hall–Kier alpha value is -1.06. The molecule has 0 radical (unpaired) electrons. The molecule has 1 aromatic rings. The van der Waals surface area contributed by atoms with Gasteiger partial charge in [-0.15, -0.1) is 0 Å². The minimum atomic E-state index is 0.230. The molecule has 2 rings (SSSR count). The normalized spacial score (nSPS) is 17.9. The van der Waals surface area contributed by atoms with E-state index < -0.39 is 0 Å². The maximum atomic E-state index is 5.95. The predicted molar refractivity (Wildman–Crippen MR) is 82.2 cm³/mol. The summed E-state index contributed by atoms with van der Waals surface area (Å²) in [4.78, 5) is 0. The van der Waals surface area contributed by atoms with Gasteiger partial charge < -0.3 is 14.8 Å². The van der Waals surface area contributed by atoms with Crippen LogP contribution in [-0.2, 0) is 4.74 Å². The zero-order valence-corrected chi connectivity index (χ0v) is 12.7. The number of hydrogen-bond acceptors (Lipinski definition) is 3. The fraction of sp³-hybridized carbons (Fsp3) is 0.647. The number of benzene rings is 1. The van der Waals surface area contributed by atoms with E-state index in [4.69, 9.17) is 9.47 Å². The second kappa shape index (κ2) is 8.28. The number of likely N-dealkylation sites (N-methyl/N-ethyl adjacent to an activating group) is 1. The van der Waals surface area contributed by atoms with Crippen molar-refractivity contribution in [2.75, 3.05) is 27.4 Å².